The van der Waals surface area contributed by atoms with Crippen molar-refractivity contribution < 1.29 is 14.6 Å². The van der Waals surface area contributed by atoms with Crippen LogP contribution in [0, 0.1) is 20.8 Å². The molecular weight excluding hydrogens is 388 g/mol. The van der Waals surface area contributed by atoms with Gasteiger partial charge >= 0.3 is 5.97 Å². The third-order valence-corrected chi connectivity index (χ3v) is 4.71. The number of aliphatic hydroxyl groups is 1. The Bertz CT molecular complexity index is 1150. The third kappa shape index (κ3) is 4.60. The molecule has 0 radical (unpaired) electrons. The van der Waals surface area contributed by atoms with E-state index in [0.717, 1.165) is 22.9 Å². The van der Waals surface area contributed by atoms with Crippen molar-refractivity contribution >= 4 is 17.4 Å². The van der Waals surface area contributed by atoms with Crippen molar-refractivity contribution in [3.05, 3.63) is 56.4 Å². The number of aromatic amines is 2. The summed E-state index contributed by atoms with van der Waals surface area (Å²) in [4.78, 5) is 27.5. The molecule has 1 aliphatic heterocycles. The topological polar surface area (TPSA) is 137 Å². The Morgan fingerprint density at radius 3 is 2.63 bits per heavy atom. The molecule has 1 fully saturated rings. The van der Waals surface area contributed by atoms with Gasteiger partial charge in [-0.05, 0) is 27.7 Å². The second kappa shape index (κ2) is 8.95. The van der Waals surface area contributed by atoms with E-state index in [1.165, 1.54) is 4.52 Å². The van der Waals surface area contributed by atoms with Crippen LogP contribution in [-0.2, 0) is 16.0 Å². The Balaban J connectivity index is 0.000000171. The van der Waals surface area contributed by atoms with Crippen molar-refractivity contribution in [3.8, 4) is 0 Å². The predicted molar refractivity (Wildman–Crippen MR) is 111 cm³/mol. The van der Waals surface area contributed by atoms with Crippen molar-refractivity contribution in [2.45, 2.75) is 40.5 Å². The lowest BCUT2D eigenvalue weighted by Gasteiger charge is -2.04. The first-order valence-corrected chi connectivity index (χ1v) is 9.64. The number of aryl methyl sites for hydroxylation is 3. The summed E-state index contributed by atoms with van der Waals surface area (Å²) in [5, 5.41) is 21.7. The largest absolute Gasteiger partial charge is 0.462 e. The van der Waals surface area contributed by atoms with E-state index in [9.17, 15) is 9.59 Å². The van der Waals surface area contributed by atoms with Crippen molar-refractivity contribution in [2.75, 3.05) is 18.5 Å². The van der Waals surface area contributed by atoms with Crippen molar-refractivity contribution in [2.24, 2.45) is 0 Å². The molecule has 3 aromatic heterocycles. The van der Waals surface area contributed by atoms with Crippen LogP contribution in [0.1, 0.15) is 36.0 Å². The lowest BCUT2D eigenvalue weighted by atomic mass is 10.2. The fourth-order valence-corrected chi connectivity index (χ4v) is 3.22. The molecule has 4 rings (SSSR count). The maximum Gasteiger partial charge on any atom is 0.335 e. The van der Waals surface area contributed by atoms with E-state index in [-0.39, 0.29) is 18.1 Å². The number of carbonyl (C=O) groups excluding carboxylic acids is 1. The molecule has 0 spiro atoms. The molecule has 0 aliphatic carbocycles. The van der Waals surface area contributed by atoms with Gasteiger partial charge in [0.15, 0.2) is 11.5 Å². The number of hydrogen-bond acceptors (Lipinski definition) is 7. The number of carbonyl (C=O) groups is 1. The Hall–Kier alpha value is -3.40. The van der Waals surface area contributed by atoms with E-state index in [1.54, 1.807) is 6.92 Å². The molecule has 0 unspecified atom stereocenters. The molecule has 0 aromatic carbocycles. The number of aromatic nitrogens is 5. The van der Waals surface area contributed by atoms with Crippen LogP contribution in [0.3, 0.4) is 0 Å². The Morgan fingerprint density at radius 2 is 2.03 bits per heavy atom. The van der Waals surface area contributed by atoms with Gasteiger partial charge in [0.1, 0.15) is 0 Å². The number of allylic oxidation sites excluding steroid dienone is 1. The number of H-pyrrole nitrogens is 2. The molecule has 1 saturated heterocycles. The summed E-state index contributed by atoms with van der Waals surface area (Å²) in [6.45, 7) is 7.87. The summed E-state index contributed by atoms with van der Waals surface area (Å²) in [6, 6.07) is 3.70. The molecule has 4 heterocycles. The summed E-state index contributed by atoms with van der Waals surface area (Å²) >= 11 is 0. The molecule has 4 N–H and O–H groups in total. The number of nitrogens with zero attached hydrogens (tertiary/aromatic N) is 3. The molecule has 0 atom stereocenters. The standard InChI is InChI=1S/2C10H13N3O2/c1-6-5-9(13-12-6)11-7(2)8-3-4-15-10(8)14;1-6-5-9-11-7(2)8(3-4-14)10(15)13(9)12-6/h5H,3-4H2,1-2H3,(H2,11,12,13);5,12,14H,3-4H2,1-2H3/b8-7-;. The van der Waals surface area contributed by atoms with Gasteiger partial charge < -0.3 is 15.2 Å². The first kappa shape index (κ1) is 21.3. The highest BCUT2D eigenvalue weighted by atomic mass is 16.5. The average molecular weight is 414 g/mol. The van der Waals surface area contributed by atoms with Crippen molar-refractivity contribution in [1.82, 2.24) is 24.8 Å². The van der Waals surface area contributed by atoms with Crippen LogP contribution in [0.25, 0.3) is 5.65 Å². The minimum absolute atomic E-state index is 0.0382. The highest BCUT2D eigenvalue weighted by molar-refractivity contribution is 5.91. The highest BCUT2D eigenvalue weighted by Gasteiger charge is 2.21. The van der Waals surface area contributed by atoms with Gasteiger partial charge in [0.25, 0.3) is 5.56 Å². The van der Waals surface area contributed by atoms with Gasteiger partial charge in [-0.2, -0.15) is 5.10 Å². The van der Waals surface area contributed by atoms with E-state index in [2.05, 4.69) is 25.6 Å². The highest BCUT2D eigenvalue weighted by Crippen LogP contribution is 2.19. The molecule has 160 valence electrons. The normalized spacial score (nSPS) is 15.0. The maximum absolute atomic E-state index is 11.9. The molecular formula is C20H26N6O4. The summed E-state index contributed by atoms with van der Waals surface area (Å²) in [6.07, 6.45) is 1.01. The van der Waals surface area contributed by atoms with Gasteiger partial charge in [0.05, 0.1) is 12.2 Å². The van der Waals surface area contributed by atoms with Crippen LogP contribution in [-0.4, -0.2) is 49.1 Å². The van der Waals surface area contributed by atoms with Gasteiger partial charge in [-0.1, -0.05) is 0 Å². The second-order valence-corrected chi connectivity index (χ2v) is 7.14. The number of fused-ring (bicyclic) bond motifs is 1. The van der Waals surface area contributed by atoms with Gasteiger partial charge in [-0.3, -0.25) is 15.0 Å². The van der Waals surface area contributed by atoms with E-state index in [4.69, 9.17) is 9.84 Å². The minimum atomic E-state index is -0.229. The smallest absolute Gasteiger partial charge is 0.335 e. The van der Waals surface area contributed by atoms with E-state index >= 15 is 0 Å². The zero-order valence-corrected chi connectivity index (χ0v) is 17.5. The molecule has 3 aromatic rings. The quantitative estimate of drug-likeness (QED) is 0.375. The van der Waals surface area contributed by atoms with Gasteiger partial charge in [-0.15, -0.1) is 0 Å². The second-order valence-electron chi connectivity index (χ2n) is 7.14. The number of esters is 1. The molecule has 10 nitrogen and oxygen atoms in total. The van der Waals surface area contributed by atoms with Gasteiger partial charge in [0.2, 0.25) is 0 Å². The zero-order chi connectivity index (χ0) is 21.8. The summed E-state index contributed by atoms with van der Waals surface area (Å²) < 4.78 is 6.27. The Labute approximate surface area is 173 Å². The average Bonchev–Trinajstić information content (AvgIpc) is 3.39. The number of aliphatic hydroxyl groups excluding tert-OH is 1. The number of cyclic esters (lactones) is 1. The van der Waals surface area contributed by atoms with E-state index in [1.807, 2.05) is 32.9 Å². The van der Waals surface area contributed by atoms with Crippen molar-refractivity contribution in [3.63, 3.8) is 0 Å². The summed E-state index contributed by atoms with van der Waals surface area (Å²) in [5.74, 6) is 0.490. The first-order valence-electron chi connectivity index (χ1n) is 9.64. The zero-order valence-electron chi connectivity index (χ0n) is 17.5. The molecule has 0 bridgehead atoms. The number of hydrogen-bond donors (Lipinski definition) is 4. The monoisotopic (exact) mass is 414 g/mol. The lowest BCUT2D eigenvalue weighted by Crippen LogP contribution is -2.22. The van der Waals surface area contributed by atoms with E-state index in [0.29, 0.717) is 41.9 Å². The van der Waals surface area contributed by atoms with Crippen LogP contribution < -0.4 is 10.9 Å². The number of anilines is 1. The summed E-state index contributed by atoms with van der Waals surface area (Å²) in [7, 11) is 0. The molecule has 1 aliphatic rings. The fourth-order valence-electron chi connectivity index (χ4n) is 3.22. The fraction of sp³-hybridized carbons (Fsp3) is 0.400. The predicted octanol–water partition coefficient (Wildman–Crippen LogP) is 1.53. The Kier molecular flexibility index (Phi) is 6.36. The first-order chi connectivity index (χ1) is 14.3. The third-order valence-electron chi connectivity index (χ3n) is 4.71. The van der Waals surface area contributed by atoms with Crippen molar-refractivity contribution in [1.29, 1.82) is 0 Å². The molecule has 0 saturated carbocycles. The van der Waals surface area contributed by atoms with Crippen LogP contribution in [0.2, 0.25) is 0 Å². The minimum Gasteiger partial charge on any atom is -0.462 e. The number of ether oxygens (including phenoxy) is 1. The molecule has 10 heteroatoms. The Morgan fingerprint density at radius 1 is 1.27 bits per heavy atom. The summed E-state index contributed by atoms with van der Waals surface area (Å²) in [5.41, 5.74) is 5.13. The van der Waals surface area contributed by atoms with E-state index < -0.39 is 0 Å². The number of rotatable bonds is 4. The molecule has 30 heavy (non-hydrogen) atoms. The lowest BCUT2D eigenvalue weighted by molar-refractivity contribution is -0.135. The van der Waals surface area contributed by atoms with Crippen LogP contribution in [0.15, 0.2) is 28.2 Å². The van der Waals surface area contributed by atoms with Gasteiger partial charge in [0, 0.05) is 59.9 Å². The molecule has 0 amide bonds. The van der Waals surface area contributed by atoms with Crippen LogP contribution >= 0.6 is 0 Å². The van der Waals surface area contributed by atoms with Gasteiger partial charge in [-0.25, -0.2) is 14.3 Å². The number of nitrogens with one attached hydrogen (secondary N) is 3. The van der Waals surface area contributed by atoms with Crippen LogP contribution in [0.5, 0.6) is 0 Å². The SMILES string of the molecule is C/C(Nc1cc(C)[nH]n1)=C1\CCOC1=O.Cc1cc2nc(C)c(CCO)c(=O)n2[nH]1. The van der Waals surface area contributed by atoms with Crippen LogP contribution in [0.4, 0.5) is 5.82 Å². The maximum atomic E-state index is 11.9.